The zero-order valence-electron chi connectivity index (χ0n) is 44.0. The number of esters is 1. The summed E-state index contributed by atoms with van der Waals surface area (Å²) in [6, 6.07) is -0.559. The molecule has 0 aromatic heterocycles. The standard InChI is InChI=1S/C59H115NO5/c1-3-5-7-9-11-13-15-17-19-20-21-22-23-24-25-26-27-28-29-31-35-39-43-47-51-57(62)56(55-61)60-58(63)52-48-44-40-36-33-34-38-42-46-50-54-65-59(64)53-49-45-41-37-32-30-18-16-14-12-10-8-6-4-2/h16,18,56-57,61-62H,3-15,17,19-55H2,1-2H3,(H,60,63)/b18-16-. The third kappa shape index (κ3) is 51.8. The Bertz CT molecular complexity index is 970. The molecule has 2 unspecified atom stereocenters. The van der Waals surface area contributed by atoms with Gasteiger partial charge in [0.1, 0.15) is 0 Å². The highest BCUT2D eigenvalue weighted by molar-refractivity contribution is 5.76. The van der Waals surface area contributed by atoms with Crippen LogP contribution in [-0.2, 0) is 14.3 Å². The highest BCUT2D eigenvalue weighted by atomic mass is 16.5. The van der Waals surface area contributed by atoms with Crippen molar-refractivity contribution in [2.45, 2.75) is 341 Å². The number of hydrogen-bond acceptors (Lipinski definition) is 5. The number of amides is 1. The molecule has 0 aromatic rings. The molecule has 0 radical (unpaired) electrons. The van der Waals surface area contributed by atoms with E-state index < -0.39 is 12.1 Å². The van der Waals surface area contributed by atoms with Crippen molar-refractivity contribution in [2.75, 3.05) is 13.2 Å². The summed E-state index contributed by atoms with van der Waals surface area (Å²) in [5.41, 5.74) is 0. The van der Waals surface area contributed by atoms with Gasteiger partial charge in [0, 0.05) is 12.8 Å². The number of carbonyl (C=O) groups excluding carboxylic acids is 2. The van der Waals surface area contributed by atoms with Gasteiger partial charge in [0.2, 0.25) is 5.91 Å². The van der Waals surface area contributed by atoms with E-state index in [9.17, 15) is 19.8 Å². The Hall–Kier alpha value is -1.40. The van der Waals surface area contributed by atoms with Gasteiger partial charge < -0.3 is 20.3 Å². The first kappa shape index (κ1) is 63.6. The van der Waals surface area contributed by atoms with Crippen LogP contribution in [0.15, 0.2) is 12.2 Å². The lowest BCUT2D eigenvalue weighted by Gasteiger charge is -2.22. The van der Waals surface area contributed by atoms with Crippen molar-refractivity contribution >= 4 is 11.9 Å². The quantitative estimate of drug-likeness (QED) is 0.0321. The first-order valence-corrected chi connectivity index (χ1v) is 29.4. The minimum atomic E-state index is -0.680. The molecule has 0 aliphatic carbocycles. The van der Waals surface area contributed by atoms with Crippen LogP contribution in [0.3, 0.4) is 0 Å². The first-order valence-electron chi connectivity index (χ1n) is 29.4. The van der Waals surface area contributed by atoms with Crippen molar-refractivity contribution in [3.63, 3.8) is 0 Å². The molecule has 0 aliphatic rings. The molecule has 0 spiro atoms. The minimum Gasteiger partial charge on any atom is -0.466 e. The summed E-state index contributed by atoms with van der Waals surface area (Å²) < 4.78 is 5.46. The summed E-state index contributed by atoms with van der Waals surface area (Å²) in [4.78, 5) is 24.5. The summed E-state index contributed by atoms with van der Waals surface area (Å²) in [7, 11) is 0. The van der Waals surface area contributed by atoms with Crippen molar-refractivity contribution in [1.82, 2.24) is 5.32 Å². The lowest BCUT2D eigenvalue weighted by Crippen LogP contribution is -2.45. The largest absolute Gasteiger partial charge is 0.466 e. The Morgan fingerprint density at radius 3 is 1.09 bits per heavy atom. The second kappa shape index (κ2) is 55.2. The highest BCUT2D eigenvalue weighted by Crippen LogP contribution is 2.18. The van der Waals surface area contributed by atoms with Crippen LogP contribution >= 0.6 is 0 Å². The van der Waals surface area contributed by atoms with Crippen molar-refractivity contribution in [2.24, 2.45) is 0 Å². The Labute approximate surface area is 406 Å². The number of ether oxygens (including phenoxy) is 1. The van der Waals surface area contributed by atoms with Crippen LogP contribution in [0, 0.1) is 0 Å². The van der Waals surface area contributed by atoms with E-state index in [4.69, 9.17) is 4.74 Å². The zero-order valence-corrected chi connectivity index (χ0v) is 44.0. The third-order valence-corrected chi connectivity index (χ3v) is 13.8. The van der Waals surface area contributed by atoms with Crippen molar-refractivity contribution < 1.29 is 24.5 Å². The summed E-state index contributed by atoms with van der Waals surface area (Å²) in [5, 5.41) is 23.3. The predicted molar refractivity (Wildman–Crippen MR) is 283 cm³/mol. The van der Waals surface area contributed by atoms with Crippen LogP contribution in [-0.4, -0.2) is 47.4 Å². The van der Waals surface area contributed by atoms with Gasteiger partial charge in [0.25, 0.3) is 0 Å². The van der Waals surface area contributed by atoms with Crippen molar-refractivity contribution in [3.8, 4) is 0 Å². The SMILES string of the molecule is CCCCCCC/C=C\CCCCCCCC(=O)OCCCCCCCCCCCCC(=O)NC(CO)C(O)CCCCCCCCCCCCCCCCCCCCCCCCCC. The maximum Gasteiger partial charge on any atom is 0.305 e. The van der Waals surface area contributed by atoms with Gasteiger partial charge in [-0.2, -0.15) is 0 Å². The summed E-state index contributed by atoms with van der Waals surface area (Å²) in [6.45, 7) is 4.91. The van der Waals surface area contributed by atoms with E-state index in [-0.39, 0.29) is 18.5 Å². The smallest absolute Gasteiger partial charge is 0.305 e. The molecule has 0 aliphatic heterocycles. The predicted octanol–water partition coefficient (Wildman–Crippen LogP) is 18.1. The van der Waals surface area contributed by atoms with E-state index in [1.54, 1.807) is 0 Å². The number of hydrogen-bond donors (Lipinski definition) is 3. The van der Waals surface area contributed by atoms with Crippen LogP contribution in [0.2, 0.25) is 0 Å². The molecule has 3 N–H and O–H groups in total. The van der Waals surface area contributed by atoms with Crippen molar-refractivity contribution in [3.05, 3.63) is 12.2 Å². The average molecular weight is 919 g/mol. The van der Waals surface area contributed by atoms with Gasteiger partial charge in [0.15, 0.2) is 0 Å². The Kier molecular flexibility index (Phi) is 54.0. The Morgan fingerprint density at radius 2 is 0.723 bits per heavy atom. The van der Waals surface area contributed by atoms with Crippen LogP contribution < -0.4 is 5.32 Å². The van der Waals surface area contributed by atoms with E-state index in [2.05, 4.69) is 31.3 Å². The molecule has 0 saturated heterocycles. The number of carbonyl (C=O) groups is 2. The number of rotatable bonds is 55. The van der Waals surface area contributed by atoms with Gasteiger partial charge in [-0.1, -0.05) is 276 Å². The minimum absolute atomic E-state index is 0.0260. The van der Waals surface area contributed by atoms with Crippen LogP contribution in [0.25, 0.3) is 0 Å². The molecular formula is C59H115NO5. The van der Waals surface area contributed by atoms with Crippen LogP contribution in [0.4, 0.5) is 0 Å². The monoisotopic (exact) mass is 918 g/mol. The maximum absolute atomic E-state index is 12.5. The lowest BCUT2D eigenvalue weighted by atomic mass is 10.0. The number of aliphatic hydroxyl groups excluding tert-OH is 2. The zero-order chi connectivity index (χ0) is 47.2. The number of unbranched alkanes of at least 4 members (excludes halogenated alkanes) is 42. The Balaban J connectivity index is 3.46. The van der Waals surface area contributed by atoms with E-state index in [1.165, 1.54) is 238 Å². The molecule has 0 bridgehead atoms. The molecule has 1 amide bonds. The number of allylic oxidation sites excluding steroid dienone is 2. The molecule has 0 saturated carbocycles. The number of aliphatic hydroxyl groups is 2. The fraction of sp³-hybridized carbons (Fsp3) is 0.932. The third-order valence-electron chi connectivity index (χ3n) is 13.8. The molecule has 65 heavy (non-hydrogen) atoms. The van der Waals surface area contributed by atoms with E-state index in [0.29, 0.717) is 25.9 Å². The molecule has 386 valence electrons. The summed E-state index contributed by atoms with van der Waals surface area (Å²) in [6.07, 6.45) is 64.9. The molecule has 6 nitrogen and oxygen atoms in total. The summed E-state index contributed by atoms with van der Waals surface area (Å²) >= 11 is 0. The number of nitrogens with one attached hydrogen (secondary N) is 1. The molecule has 2 atom stereocenters. The van der Waals surface area contributed by atoms with Gasteiger partial charge in [-0.25, -0.2) is 0 Å². The normalized spacial score (nSPS) is 12.6. The summed E-state index contributed by atoms with van der Waals surface area (Å²) in [5.74, 6) is -0.0804. The second-order valence-corrected chi connectivity index (χ2v) is 20.3. The van der Waals surface area contributed by atoms with E-state index >= 15 is 0 Å². The molecule has 0 aromatic carbocycles. The Morgan fingerprint density at radius 1 is 0.415 bits per heavy atom. The van der Waals surface area contributed by atoms with Gasteiger partial charge in [-0.3, -0.25) is 9.59 Å². The van der Waals surface area contributed by atoms with Gasteiger partial charge >= 0.3 is 5.97 Å². The lowest BCUT2D eigenvalue weighted by molar-refractivity contribution is -0.143. The molecule has 6 heteroatoms. The van der Waals surface area contributed by atoms with E-state index in [1.807, 2.05) is 0 Å². The van der Waals surface area contributed by atoms with Gasteiger partial charge in [-0.05, 0) is 51.4 Å². The fourth-order valence-corrected chi connectivity index (χ4v) is 9.28. The van der Waals surface area contributed by atoms with Crippen molar-refractivity contribution in [1.29, 1.82) is 0 Å². The highest BCUT2D eigenvalue weighted by Gasteiger charge is 2.20. The second-order valence-electron chi connectivity index (χ2n) is 20.3. The topological polar surface area (TPSA) is 95.9 Å². The fourth-order valence-electron chi connectivity index (χ4n) is 9.28. The van der Waals surface area contributed by atoms with E-state index in [0.717, 1.165) is 57.8 Å². The first-order chi connectivity index (χ1) is 32.0. The van der Waals surface area contributed by atoms with Crippen LogP contribution in [0.5, 0.6) is 0 Å². The molecule has 0 heterocycles. The van der Waals surface area contributed by atoms with Gasteiger partial charge in [0.05, 0.1) is 25.4 Å². The average Bonchev–Trinajstić information content (AvgIpc) is 3.31. The maximum atomic E-state index is 12.5. The van der Waals surface area contributed by atoms with Crippen LogP contribution in [0.1, 0.15) is 328 Å². The van der Waals surface area contributed by atoms with Gasteiger partial charge in [-0.15, -0.1) is 0 Å². The molecule has 0 rings (SSSR count). The molecule has 0 fully saturated rings. The molecular weight excluding hydrogens is 803 g/mol.